The molecular weight excluding hydrogens is 504 g/mol. The zero-order valence-corrected chi connectivity index (χ0v) is 21.1. The van der Waals surface area contributed by atoms with Crippen molar-refractivity contribution >= 4 is 11.8 Å². The number of hydrogen-bond donors (Lipinski definition) is 1. The molecule has 39 heavy (non-hydrogen) atoms. The van der Waals surface area contributed by atoms with Gasteiger partial charge in [0.05, 0.1) is 0 Å². The Labute approximate surface area is 224 Å². The van der Waals surface area contributed by atoms with Crippen molar-refractivity contribution in [3.63, 3.8) is 0 Å². The van der Waals surface area contributed by atoms with E-state index in [2.05, 4.69) is 4.98 Å². The molecule has 0 aliphatic carbocycles. The quantitative estimate of drug-likeness (QED) is 0.301. The minimum absolute atomic E-state index is 0.168. The van der Waals surface area contributed by atoms with E-state index in [4.69, 9.17) is 14.6 Å². The van der Waals surface area contributed by atoms with Crippen LogP contribution in [0.4, 0.5) is 19.3 Å². The second kappa shape index (κ2) is 11.8. The summed E-state index contributed by atoms with van der Waals surface area (Å²) in [7, 11) is 0. The lowest BCUT2D eigenvalue weighted by atomic mass is 10.0. The number of pyridine rings is 1. The molecule has 0 saturated carbocycles. The van der Waals surface area contributed by atoms with Gasteiger partial charge in [0.25, 0.3) is 0 Å². The van der Waals surface area contributed by atoms with Gasteiger partial charge < -0.3 is 24.4 Å². The third kappa shape index (κ3) is 6.26. The normalized spacial score (nSPS) is 13.3. The molecule has 2 heterocycles. The molecule has 5 rings (SSSR count). The molecule has 0 bridgehead atoms. The molecule has 0 unspecified atom stereocenters. The molecule has 4 aromatic rings. The molecule has 9 heteroatoms. The molecule has 1 aliphatic heterocycles. The number of piperazine rings is 1. The summed E-state index contributed by atoms with van der Waals surface area (Å²) in [4.78, 5) is 18.4. The number of carbonyl (C=O) groups is 1. The van der Waals surface area contributed by atoms with Crippen LogP contribution in [0.5, 0.6) is 11.8 Å². The second-order valence-electron chi connectivity index (χ2n) is 9.10. The van der Waals surface area contributed by atoms with Crippen molar-refractivity contribution in [1.29, 1.82) is 0 Å². The Kier molecular flexibility index (Phi) is 7.86. The third-order valence-electron chi connectivity index (χ3n) is 6.48. The van der Waals surface area contributed by atoms with Crippen LogP contribution >= 0.6 is 0 Å². The van der Waals surface area contributed by atoms with Gasteiger partial charge in [-0.2, -0.15) is 4.98 Å². The molecule has 1 aliphatic rings. The van der Waals surface area contributed by atoms with Gasteiger partial charge in [-0.3, -0.25) is 0 Å². The Morgan fingerprint density at radius 3 is 1.92 bits per heavy atom. The first kappa shape index (κ1) is 26.0. The maximum absolute atomic E-state index is 15.3. The van der Waals surface area contributed by atoms with Gasteiger partial charge in [-0.1, -0.05) is 60.7 Å². The summed E-state index contributed by atoms with van der Waals surface area (Å²) in [6, 6.07) is 25.0. The number of hydrogen-bond acceptors (Lipinski definition) is 5. The number of carboxylic acid groups (broad SMARTS) is 1. The fourth-order valence-corrected chi connectivity index (χ4v) is 4.44. The molecule has 1 saturated heterocycles. The fourth-order valence-electron chi connectivity index (χ4n) is 4.44. The van der Waals surface area contributed by atoms with Gasteiger partial charge >= 0.3 is 6.09 Å². The topological polar surface area (TPSA) is 75.1 Å². The highest BCUT2D eigenvalue weighted by atomic mass is 19.1. The van der Waals surface area contributed by atoms with Crippen LogP contribution in [0.25, 0.3) is 11.1 Å². The van der Waals surface area contributed by atoms with Crippen LogP contribution in [0.15, 0.2) is 84.9 Å². The predicted molar refractivity (Wildman–Crippen MR) is 143 cm³/mol. The summed E-state index contributed by atoms with van der Waals surface area (Å²) in [5, 5.41) is 9.15. The first-order valence-electron chi connectivity index (χ1n) is 12.5. The first-order valence-corrected chi connectivity index (χ1v) is 12.5. The molecule has 0 spiro atoms. The van der Waals surface area contributed by atoms with E-state index in [1.54, 1.807) is 12.1 Å². The molecule has 1 aromatic heterocycles. The molecule has 1 fully saturated rings. The monoisotopic (exact) mass is 531 g/mol. The minimum atomic E-state index is -1.04. The molecule has 3 aromatic carbocycles. The Bertz CT molecular complexity index is 1410. The molecule has 7 nitrogen and oxygen atoms in total. The average Bonchev–Trinajstić information content (AvgIpc) is 2.96. The lowest BCUT2D eigenvalue weighted by molar-refractivity contribution is 0.142. The lowest BCUT2D eigenvalue weighted by Crippen LogP contribution is -2.48. The first-order chi connectivity index (χ1) is 19.0. The lowest BCUT2D eigenvalue weighted by Gasteiger charge is -2.35. The van der Waals surface area contributed by atoms with E-state index in [1.165, 1.54) is 21.9 Å². The molecule has 0 atom stereocenters. The highest BCUT2D eigenvalue weighted by molar-refractivity contribution is 5.72. The van der Waals surface area contributed by atoms with Crippen LogP contribution in [0.2, 0.25) is 0 Å². The fraction of sp³-hybridized carbons (Fsp3) is 0.200. The summed E-state index contributed by atoms with van der Waals surface area (Å²) in [5.41, 5.74) is 2.39. The Hall–Kier alpha value is -4.66. The standard InChI is InChI=1S/C30H27F2N3O4/c31-25-17-23(18-26(32)28(25)34-13-15-35(16-14-34)30(36)37)24-11-12-27(38-19-21-7-3-1-4-8-21)33-29(24)39-20-22-9-5-2-6-10-22/h1-12,17-18H,13-16,19-20H2,(H,36,37). The maximum Gasteiger partial charge on any atom is 0.407 e. The number of ether oxygens (including phenoxy) is 2. The van der Waals surface area contributed by atoms with E-state index in [1.807, 2.05) is 60.7 Å². The van der Waals surface area contributed by atoms with Gasteiger partial charge in [-0.05, 0) is 34.9 Å². The smallest absolute Gasteiger partial charge is 0.407 e. The maximum atomic E-state index is 15.3. The summed E-state index contributed by atoms with van der Waals surface area (Å²) in [6.07, 6.45) is -1.04. The van der Waals surface area contributed by atoms with Crippen molar-refractivity contribution in [2.45, 2.75) is 13.2 Å². The van der Waals surface area contributed by atoms with E-state index >= 15 is 8.78 Å². The van der Waals surface area contributed by atoms with Gasteiger partial charge in [0.2, 0.25) is 11.8 Å². The largest absolute Gasteiger partial charge is 0.473 e. The number of benzene rings is 3. The van der Waals surface area contributed by atoms with Gasteiger partial charge in [0.1, 0.15) is 30.5 Å². The van der Waals surface area contributed by atoms with Crippen molar-refractivity contribution < 1.29 is 28.2 Å². The van der Waals surface area contributed by atoms with Crippen LogP contribution in [0, 0.1) is 11.6 Å². The zero-order chi connectivity index (χ0) is 27.2. The molecule has 1 N–H and O–H groups in total. The Morgan fingerprint density at radius 2 is 1.36 bits per heavy atom. The van der Waals surface area contributed by atoms with Crippen LogP contribution in [-0.4, -0.2) is 47.3 Å². The number of rotatable bonds is 8. The SMILES string of the molecule is O=C(O)N1CCN(c2c(F)cc(-c3ccc(OCc4ccccc4)nc3OCc3ccccc3)cc2F)CC1. The molecule has 0 radical (unpaired) electrons. The average molecular weight is 532 g/mol. The number of nitrogens with zero attached hydrogens (tertiary/aromatic N) is 3. The predicted octanol–water partition coefficient (Wildman–Crippen LogP) is 5.98. The van der Waals surface area contributed by atoms with E-state index in [-0.39, 0.29) is 49.9 Å². The van der Waals surface area contributed by atoms with Gasteiger partial charge in [-0.25, -0.2) is 13.6 Å². The van der Waals surface area contributed by atoms with E-state index in [0.717, 1.165) is 11.1 Å². The zero-order valence-electron chi connectivity index (χ0n) is 21.1. The molecular formula is C30H27F2N3O4. The van der Waals surface area contributed by atoms with Crippen LogP contribution in [0.1, 0.15) is 11.1 Å². The number of anilines is 1. The summed E-state index contributed by atoms with van der Waals surface area (Å²) >= 11 is 0. The van der Waals surface area contributed by atoms with Crippen molar-refractivity contribution in [1.82, 2.24) is 9.88 Å². The van der Waals surface area contributed by atoms with E-state index < -0.39 is 17.7 Å². The highest BCUT2D eigenvalue weighted by Crippen LogP contribution is 2.36. The number of halogens is 2. The Balaban J connectivity index is 1.41. The van der Waals surface area contributed by atoms with Crippen molar-refractivity contribution in [3.8, 4) is 22.9 Å². The van der Waals surface area contributed by atoms with Crippen LogP contribution in [-0.2, 0) is 13.2 Å². The van der Waals surface area contributed by atoms with Gasteiger partial charge in [0, 0.05) is 37.8 Å². The summed E-state index contributed by atoms with van der Waals surface area (Å²) in [6.45, 7) is 1.24. The van der Waals surface area contributed by atoms with Gasteiger partial charge in [-0.15, -0.1) is 0 Å². The Morgan fingerprint density at radius 1 is 0.795 bits per heavy atom. The third-order valence-corrected chi connectivity index (χ3v) is 6.48. The van der Waals surface area contributed by atoms with Crippen molar-refractivity contribution in [2.75, 3.05) is 31.1 Å². The van der Waals surface area contributed by atoms with Gasteiger partial charge in [0.15, 0.2) is 0 Å². The minimum Gasteiger partial charge on any atom is -0.473 e. The second-order valence-corrected chi connectivity index (χ2v) is 9.10. The number of amides is 1. The van der Waals surface area contributed by atoms with Crippen LogP contribution in [0.3, 0.4) is 0 Å². The number of aromatic nitrogens is 1. The molecule has 200 valence electrons. The summed E-state index contributed by atoms with van der Waals surface area (Å²) in [5.74, 6) is -0.982. The summed E-state index contributed by atoms with van der Waals surface area (Å²) < 4.78 is 42.5. The van der Waals surface area contributed by atoms with Crippen molar-refractivity contribution in [2.24, 2.45) is 0 Å². The van der Waals surface area contributed by atoms with Crippen molar-refractivity contribution in [3.05, 3.63) is 108 Å². The molecule has 1 amide bonds. The van der Waals surface area contributed by atoms with Crippen LogP contribution < -0.4 is 14.4 Å². The van der Waals surface area contributed by atoms with E-state index in [0.29, 0.717) is 18.1 Å². The highest BCUT2D eigenvalue weighted by Gasteiger charge is 2.26. The van der Waals surface area contributed by atoms with E-state index in [9.17, 15) is 4.79 Å².